The fourth-order valence-electron chi connectivity index (χ4n) is 2.68. The minimum absolute atomic E-state index is 0. The van der Waals surface area contributed by atoms with E-state index >= 15 is 0 Å². The van der Waals surface area contributed by atoms with E-state index in [1.807, 2.05) is 38.1 Å². The molecular weight excluding hydrogens is 473 g/mol. The van der Waals surface area contributed by atoms with Crippen molar-refractivity contribution in [1.82, 2.24) is 10.6 Å². The van der Waals surface area contributed by atoms with Crippen molar-refractivity contribution in [2.24, 2.45) is 4.99 Å². The van der Waals surface area contributed by atoms with Crippen molar-refractivity contribution in [2.45, 2.75) is 45.4 Å². The van der Waals surface area contributed by atoms with Gasteiger partial charge in [-0.15, -0.1) is 24.0 Å². The Hall–Kier alpha value is -1.26. The molecule has 1 saturated heterocycles. The summed E-state index contributed by atoms with van der Waals surface area (Å²) in [6.07, 6.45) is 1.12. The lowest BCUT2D eigenvalue weighted by atomic mass is 10.3. The van der Waals surface area contributed by atoms with Crippen LogP contribution in [-0.2, 0) is 9.47 Å². The average Bonchev–Trinajstić information content (AvgIpc) is 3.18. The highest BCUT2D eigenvalue weighted by Crippen LogP contribution is 2.19. The Morgan fingerprint density at radius 3 is 2.79 bits per heavy atom. The summed E-state index contributed by atoms with van der Waals surface area (Å²) in [7, 11) is 1.64. The van der Waals surface area contributed by atoms with Gasteiger partial charge in [-0.25, -0.2) is 4.99 Å². The molecule has 3 unspecified atom stereocenters. The van der Waals surface area contributed by atoms with Crippen LogP contribution in [-0.4, -0.2) is 64.2 Å². The summed E-state index contributed by atoms with van der Waals surface area (Å²) >= 11 is 0. The van der Waals surface area contributed by atoms with E-state index in [2.05, 4.69) is 22.5 Å². The van der Waals surface area contributed by atoms with Crippen LogP contribution >= 0.6 is 24.0 Å². The molecule has 0 radical (unpaired) electrons. The number of benzene rings is 1. The quantitative estimate of drug-likeness (QED) is 0.288. The number of ether oxygens (including phenoxy) is 4. The van der Waals surface area contributed by atoms with Gasteiger partial charge >= 0.3 is 0 Å². The van der Waals surface area contributed by atoms with Gasteiger partial charge in [0.15, 0.2) is 5.96 Å². The van der Waals surface area contributed by atoms with E-state index in [-0.39, 0.29) is 42.2 Å². The van der Waals surface area contributed by atoms with Gasteiger partial charge in [0.05, 0.1) is 33.0 Å². The highest BCUT2D eigenvalue weighted by Gasteiger charge is 2.17. The summed E-state index contributed by atoms with van der Waals surface area (Å²) in [6.45, 7) is 9.57. The van der Waals surface area contributed by atoms with Crippen molar-refractivity contribution in [3.8, 4) is 11.5 Å². The summed E-state index contributed by atoms with van der Waals surface area (Å²) in [5.74, 6) is 2.31. The third-order valence-electron chi connectivity index (χ3n) is 4.08. The smallest absolute Gasteiger partial charge is 0.191 e. The predicted octanol–water partition coefficient (Wildman–Crippen LogP) is 2.83. The van der Waals surface area contributed by atoms with Crippen molar-refractivity contribution < 1.29 is 18.9 Å². The van der Waals surface area contributed by atoms with Crippen LogP contribution in [0.2, 0.25) is 0 Å². The zero-order valence-corrected chi connectivity index (χ0v) is 19.6. The summed E-state index contributed by atoms with van der Waals surface area (Å²) in [5, 5.41) is 6.64. The van der Waals surface area contributed by atoms with Gasteiger partial charge in [-0.05, 0) is 39.3 Å². The van der Waals surface area contributed by atoms with Gasteiger partial charge in [0.2, 0.25) is 0 Å². The maximum absolute atomic E-state index is 5.92. The first-order valence-corrected chi connectivity index (χ1v) is 9.65. The van der Waals surface area contributed by atoms with E-state index in [0.29, 0.717) is 19.8 Å². The molecule has 1 aliphatic rings. The topological polar surface area (TPSA) is 73.3 Å². The first kappa shape index (κ1) is 24.8. The Morgan fingerprint density at radius 1 is 1.32 bits per heavy atom. The Kier molecular flexibility index (Phi) is 12.2. The van der Waals surface area contributed by atoms with Gasteiger partial charge < -0.3 is 29.6 Å². The van der Waals surface area contributed by atoms with Crippen molar-refractivity contribution >= 4 is 29.9 Å². The molecule has 1 aliphatic heterocycles. The number of hydrogen-bond acceptors (Lipinski definition) is 5. The molecule has 0 saturated carbocycles. The first-order chi connectivity index (χ1) is 13.1. The molecule has 160 valence electrons. The number of nitrogens with one attached hydrogen (secondary N) is 2. The summed E-state index contributed by atoms with van der Waals surface area (Å²) in [5.41, 5.74) is 0. The molecule has 0 amide bonds. The molecule has 7 nitrogen and oxygen atoms in total. The van der Waals surface area contributed by atoms with Gasteiger partial charge in [-0.3, -0.25) is 0 Å². The number of methoxy groups -OCH3 is 1. The highest BCUT2D eigenvalue weighted by atomic mass is 127. The third-order valence-corrected chi connectivity index (χ3v) is 4.08. The van der Waals surface area contributed by atoms with E-state index in [0.717, 1.165) is 37.0 Å². The molecular formula is C20H34IN3O4. The summed E-state index contributed by atoms with van der Waals surface area (Å²) in [6, 6.07) is 7.74. The van der Waals surface area contributed by atoms with Crippen LogP contribution in [0.4, 0.5) is 0 Å². The van der Waals surface area contributed by atoms with Crippen molar-refractivity contribution in [3.05, 3.63) is 24.3 Å². The van der Waals surface area contributed by atoms with Gasteiger partial charge in [-0.1, -0.05) is 6.07 Å². The standard InChI is InChI=1S/C20H33N3O4.HI/c1-5-21-20(23-15(2)13-26-19-9-10-25-14-19)22-12-16(3)27-18-8-6-7-17(11-18)24-4;/h6-8,11,15-16,19H,5,9-10,12-14H2,1-4H3,(H2,21,22,23);1H. The van der Waals surface area contributed by atoms with Crippen LogP contribution in [0.5, 0.6) is 11.5 Å². The second kappa shape index (κ2) is 13.8. The van der Waals surface area contributed by atoms with Gasteiger partial charge in [0, 0.05) is 25.3 Å². The Balaban J connectivity index is 0.00000392. The van der Waals surface area contributed by atoms with Gasteiger partial charge in [0.25, 0.3) is 0 Å². The lowest BCUT2D eigenvalue weighted by Crippen LogP contribution is -2.45. The number of nitrogens with zero attached hydrogens (tertiary/aromatic N) is 1. The minimum atomic E-state index is -0.0604. The number of aliphatic imine (C=N–C) groups is 1. The molecule has 1 heterocycles. The number of guanidine groups is 1. The third kappa shape index (κ3) is 9.29. The fourth-order valence-corrected chi connectivity index (χ4v) is 2.68. The Bertz CT molecular complexity index is 582. The van der Waals surface area contributed by atoms with E-state index in [9.17, 15) is 0 Å². The fraction of sp³-hybridized carbons (Fsp3) is 0.650. The van der Waals surface area contributed by atoms with Crippen LogP contribution in [0.1, 0.15) is 27.2 Å². The van der Waals surface area contributed by atoms with Crippen molar-refractivity contribution in [3.63, 3.8) is 0 Å². The largest absolute Gasteiger partial charge is 0.497 e. The van der Waals surface area contributed by atoms with Crippen molar-refractivity contribution in [1.29, 1.82) is 0 Å². The maximum atomic E-state index is 5.92. The molecule has 8 heteroatoms. The molecule has 0 aromatic heterocycles. The van der Waals surface area contributed by atoms with Gasteiger partial charge in [0.1, 0.15) is 17.6 Å². The molecule has 3 atom stereocenters. The Morgan fingerprint density at radius 2 is 2.11 bits per heavy atom. The normalized spacial score (nSPS) is 18.7. The van der Waals surface area contributed by atoms with Crippen LogP contribution in [0.25, 0.3) is 0 Å². The molecule has 1 aromatic carbocycles. The second-order valence-electron chi connectivity index (χ2n) is 6.69. The molecule has 2 rings (SSSR count). The molecule has 2 N–H and O–H groups in total. The SMILES string of the molecule is CCNC(=NCC(C)Oc1cccc(OC)c1)NC(C)COC1CCOC1.I. The summed E-state index contributed by atoms with van der Waals surface area (Å²) < 4.78 is 22.3. The van der Waals surface area contributed by atoms with Gasteiger partial charge in [-0.2, -0.15) is 0 Å². The van der Waals surface area contributed by atoms with Crippen LogP contribution in [0.3, 0.4) is 0 Å². The number of halogens is 1. The molecule has 1 fully saturated rings. The zero-order valence-electron chi connectivity index (χ0n) is 17.3. The van der Waals surface area contributed by atoms with E-state index in [1.165, 1.54) is 0 Å². The van der Waals surface area contributed by atoms with E-state index in [4.69, 9.17) is 18.9 Å². The minimum Gasteiger partial charge on any atom is -0.497 e. The van der Waals surface area contributed by atoms with Crippen LogP contribution in [0, 0.1) is 0 Å². The molecule has 0 aliphatic carbocycles. The van der Waals surface area contributed by atoms with E-state index < -0.39 is 0 Å². The number of hydrogen-bond donors (Lipinski definition) is 2. The molecule has 28 heavy (non-hydrogen) atoms. The monoisotopic (exact) mass is 507 g/mol. The Labute approximate surface area is 185 Å². The zero-order chi connectivity index (χ0) is 19.5. The summed E-state index contributed by atoms with van der Waals surface area (Å²) in [4.78, 5) is 4.63. The molecule has 0 bridgehead atoms. The highest BCUT2D eigenvalue weighted by molar-refractivity contribution is 14.0. The lowest BCUT2D eigenvalue weighted by Gasteiger charge is -2.20. The van der Waals surface area contributed by atoms with Crippen LogP contribution in [0.15, 0.2) is 29.3 Å². The number of rotatable bonds is 10. The van der Waals surface area contributed by atoms with Crippen molar-refractivity contribution in [2.75, 3.05) is 40.0 Å². The maximum Gasteiger partial charge on any atom is 0.191 e. The molecule has 0 spiro atoms. The first-order valence-electron chi connectivity index (χ1n) is 9.65. The second-order valence-corrected chi connectivity index (χ2v) is 6.69. The van der Waals surface area contributed by atoms with Crippen LogP contribution < -0.4 is 20.1 Å². The average molecular weight is 507 g/mol. The van der Waals surface area contributed by atoms with E-state index in [1.54, 1.807) is 7.11 Å². The lowest BCUT2D eigenvalue weighted by molar-refractivity contribution is 0.0347. The molecule has 1 aromatic rings. The predicted molar refractivity (Wildman–Crippen MR) is 122 cm³/mol.